The number of nitrogens with one attached hydrogen (secondary N) is 1. The van der Waals surface area contributed by atoms with Crippen LogP contribution in [0.15, 0.2) is 40.9 Å². The number of benzene rings is 1. The molecule has 3 aromatic rings. The lowest BCUT2D eigenvalue weighted by Gasteiger charge is -2.02. The number of furan rings is 1. The van der Waals surface area contributed by atoms with Crippen molar-refractivity contribution in [2.24, 2.45) is 0 Å². The number of nitrogens with two attached hydrogens (primary N) is 1. The second kappa shape index (κ2) is 5.57. The van der Waals surface area contributed by atoms with Gasteiger partial charge in [-0.05, 0) is 30.3 Å². The van der Waals surface area contributed by atoms with Crippen LogP contribution in [0.4, 0.5) is 11.5 Å². The van der Waals surface area contributed by atoms with E-state index in [9.17, 15) is 4.79 Å². The molecule has 3 N–H and O–H groups in total. The van der Waals surface area contributed by atoms with Gasteiger partial charge in [-0.15, -0.1) is 0 Å². The van der Waals surface area contributed by atoms with Gasteiger partial charge in [0.25, 0.3) is 5.91 Å². The van der Waals surface area contributed by atoms with Gasteiger partial charge in [0.2, 0.25) is 5.76 Å². The Hall–Kier alpha value is -2.73. The van der Waals surface area contributed by atoms with E-state index in [4.69, 9.17) is 26.5 Å². The maximum Gasteiger partial charge on any atom is 0.294 e. The molecule has 0 fully saturated rings. The summed E-state index contributed by atoms with van der Waals surface area (Å²) in [5.74, 6) is 0.528. The van der Waals surface area contributed by atoms with Crippen LogP contribution in [0.25, 0.3) is 11.0 Å². The summed E-state index contributed by atoms with van der Waals surface area (Å²) in [5.41, 5.74) is 6.75. The van der Waals surface area contributed by atoms with Crippen LogP contribution >= 0.6 is 11.6 Å². The first-order valence-corrected chi connectivity index (χ1v) is 6.75. The third-order valence-electron chi connectivity index (χ3n) is 3.11. The highest BCUT2D eigenvalue weighted by Gasteiger charge is 2.19. The van der Waals surface area contributed by atoms with E-state index in [0.29, 0.717) is 27.6 Å². The molecule has 3 rings (SSSR count). The Bertz CT molecular complexity index is 843. The van der Waals surface area contributed by atoms with Crippen molar-refractivity contribution < 1.29 is 13.9 Å². The SMILES string of the molecule is COc1ccc2oc(C(=O)Nc3ccc(Cl)cn3)c(N)c2c1. The Balaban J connectivity index is 1.93. The topological polar surface area (TPSA) is 90.4 Å². The van der Waals surface area contributed by atoms with E-state index < -0.39 is 5.91 Å². The second-order valence-corrected chi connectivity index (χ2v) is 4.96. The lowest BCUT2D eigenvalue weighted by Crippen LogP contribution is -2.13. The lowest BCUT2D eigenvalue weighted by molar-refractivity contribution is 0.0999. The van der Waals surface area contributed by atoms with Gasteiger partial charge < -0.3 is 20.2 Å². The fourth-order valence-corrected chi connectivity index (χ4v) is 2.13. The van der Waals surface area contributed by atoms with Gasteiger partial charge in [-0.25, -0.2) is 4.98 Å². The molecule has 0 atom stereocenters. The first-order valence-electron chi connectivity index (χ1n) is 6.37. The Labute approximate surface area is 130 Å². The smallest absolute Gasteiger partial charge is 0.294 e. The van der Waals surface area contributed by atoms with E-state index in [1.54, 1.807) is 37.4 Å². The van der Waals surface area contributed by atoms with Crippen molar-refractivity contribution >= 4 is 40.0 Å². The minimum atomic E-state index is -0.484. The molecule has 0 bridgehead atoms. The summed E-state index contributed by atoms with van der Waals surface area (Å²) in [4.78, 5) is 16.2. The van der Waals surface area contributed by atoms with Gasteiger partial charge in [0.05, 0.1) is 17.8 Å². The molecule has 2 aromatic heterocycles. The van der Waals surface area contributed by atoms with E-state index in [0.717, 1.165) is 0 Å². The molecule has 6 nitrogen and oxygen atoms in total. The number of rotatable bonds is 3. The molecule has 0 saturated heterocycles. The Kier molecular flexibility index (Phi) is 3.60. The highest BCUT2D eigenvalue weighted by atomic mass is 35.5. The molecule has 1 amide bonds. The van der Waals surface area contributed by atoms with E-state index in [1.807, 2.05) is 0 Å². The zero-order valence-electron chi connectivity index (χ0n) is 11.6. The largest absolute Gasteiger partial charge is 0.497 e. The van der Waals surface area contributed by atoms with Crippen LogP contribution < -0.4 is 15.8 Å². The first-order chi connectivity index (χ1) is 10.6. The first kappa shape index (κ1) is 14.2. The second-order valence-electron chi connectivity index (χ2n) is 4.52. The number of aromatic nitrogens is 1. The van der Waals surface area contributed by atoms with Crippen LogP contribution in [0.2, 0.25) is 5.02 Å². The van der Waals surface area contributed by atoms with E-state index >= 15 is 0 Å². The van der Waals surface area contributed by atoms with E-state index in [-0.39, 0.29) is 11.4 Å². The van der Waals surface area contributed by atoms with Gasteiger partial charge in [0.15, 0.2) is 0 Å². The molecule has 22 heavy (non-hydrogen) atoms. The average molecular weight is 318 g/mol. The summed E-state index contributed by atoms with van der Waals surface area (Å²) in [6.07, 6.45) is 1.43. The van der Waals surface area contributed by atoms with E-state index in [1.165, 1.54) is 6.20 Å². The quantitative estimate of drug-likeness (QED) is 0.773. The summed E-state index contributed by atoms with van der Waals surface area (Å²) in [7, 11) is 1.55. The highest BCUT2D eigenvalue weighted by molar-refractivity contribution is 6.30. The third-order valence-corrected chi connectivity index (χ3v) is 3.33. The maximum atomic E-state index is 12.3. The van der Waals surface area contributed by atoms with Crippen molar-refractivity contribution in [3.63, 3.8) is 0 Å². The predicted octanol–water partition coefficient (Wildman–Crippen LogP) is 3.32. The molecule has 0 aliphatic rings. The van der Waals surface area contributed by atoms with Crippen LogP contribution in [0.3, 0.4) is 0 Å². The van der Waals surface area contributed by atoms with Crippen LogP contribution in [-0.2, 0) is 0 Å². The van der Waals surface area contributed by atoms with Gasteiger partial charge in [-0.2, -0.15) is 0 Å². The molecule has 7 heteroatoms. The van der Waals surface area contributed by atoms with Crippen molar-refractivity contribution in [2.45, 2.75) is 0 Å². The Morgan fingerprint density at radius 1 is 1.36 bits per heavy atom. The van der Waals surface area contributed by atoms with Gasteiger partial charge in [-0.3, -0.25) is 4.79 Å². The molecule has 0 spiro atoms. The van der Waals surface area contributed by atoms with Crippen molar-refractivity contribution in [1.82, 2.24) is 4.98 Å². The summed E-state index contributed by atoms with van der Waals surface area (Å²) in [6, 6.07) is 8.35. The minimum absolute atomic E-state index is 0.0278. The number of carbonyl (C=O) groups excluding carboxylic acids is 1. The molecule has 0 radical (unpaired) electrons. The van der Waals surface area contributed by atoms with Crippen LogP contribution in [0.1, 0.15) is 10.6 Å². The molecule has 2 heterocycles. The van der Waals surface area contributed by atoms with Crippen molar-refractivity contribution in [3.8, 4) is 5.75 Å². The normalized spacial score (nSPS) is 10.6. The number of methoxy groups -OCH3 is 1. The fourth-order valence-electron chi connectivity index (χ4n) is 2.01. The number of nitrogens with zero attached hydrogens (tertiary/aromatic N) is 1. The van der Waals surface area contributed by atoms with Gasteiger partial charge in [-0.1, -0.05) is 11.6 Å². The number of anilines is 2. The summed E-state index contributed by atoms with van der Waals surface area (Å²) < 4.78 is 10.6. The summed E-state index contributed by atoms with van der Waals surface area (Å²) in [5, 5.41) is 3.70. The number of carbonyl (C=O) groups is 1. The van der Waals surface area contributed by atoms with Gasteiger partial charge in [0.1, 0.15) is 17.2 Å². The van der Waals surface area contributed by atoms with Crippen molar-refractivity contribution in [2.75, 3.05) is 18.2 Å². The average Bonchev–Trinajstić information content (AvgIpc) is 2.86. The Morgan fingerprint density at radius 3 is 2.86 bits per heavy atom. The molecule has 112 valence electrons. The number of ether oxygens (including phenoxy) is 1. The number of halogens is 1. The molecular formula is C15H12ClN3O3. The number of pyridine rings is 1. The molecule has 1 aromatic carbocycles. The van der Waals surface area contributed by atoms with Crippen molar-refractivity contribution in [1.29, 1.82) is 0 Å². The number of amides is 1. The summed E-state index contributed by atoms with van der Waals surface area (Å²) >= 11 is 5.75. The fraction of sp³-hybridized carbons (Fsp3) is 0.0667. The van der Waals surface area contributed by atoms with Gasteiger partial charge in [0, 0.05) is 11.6 Å². The molecule has 0 aliphatic heterocycles. The van der Waals surface area contributed by atoms with Crippen LogP contribution in [0, 0.1) is 0 Å². The monoisotopic (exact) mass is 317 g/mol. The zero-order valence-corrected chi connectivity index (χ0v) is 12.3. The van der Waals surface area contributed by atoms with Crippen molar-refractivity contribution in [3.05, 3.63) is 47.3 Å². The highest BCUT2D eigenvalue weighted by Crippen LogP contribution is 2.31. The van der Waals surface area contributed by atoms with Gasteiger partial charge >= 0.3 is 0 Å². The lowest BCUT2D eigenvalue weighted by atomic mass is 10.2. The minimum Gasteiger partial charge on any atom is -0.497 e. The Morgan fingerprint density at radius 2 is 2.18 bits per heavy atom. The maximum absolute atomic E-state index is 12.3. The van der Waals surface area contributed by atoms with E-state index in [2.05, 4.69) is 10.3 Å². The van der Waals surface area contributed by atoms with Crippen LogP contribution in [-0.4, -0.2) is 18.0 Å². The molecule has 0 saturated carbocycles. The zero-order chi connectivity index (χ0) is 15.7. The molecule has 0 aliphatic carbocycles. The number of fused-ring (bicyclic) bond motifs is 1. The number of nitrogen functional groups attached to an aromatic ring is 1. The number of hydrogen-bond acceptors (Lipinski definition) is 5. The third kappa shape index (κ3) is 2.56. The summed E-state index contributed by atoms with van der Waals surface area (Å²) in [6.45, 7) is 0. The standard InChI is InChI=1S/C15H12ClN3O3/c1-21-9-3-4-11-10(6-9)13(17)14(22-11)15(20)19-12-5-2-8(16)7-18-12/h2-7H,17H2,1H3,(H,18,19,20). The predicted molar refractivity (Wildman–Crippen MR) is 84.4 cm³/mol. The molecule has 0 unspecified atom stereocenters. The molecular weight excluding hydrogens is 306 g/mol. The van der Waals surface area contributed by atoms with Crippen LogP contribution in [0.5, 0.6) is 5.75 Å². The number of hydrogen-bond donors (Lipinski definition) is 2.